The van der Waals surface area contributed by atoms with Crippen molar-refractivity contribution < 1.29 is 19.4 Å². The van der Waals surface area contributed by atoms with E-state index in [1.807, 2.05) is 12.1 Å². The molecular formula is C16H20BrNO4. The molecule has 6 heteroatoms. The number of halogens is 1. The van der Waals surface area contributed by atoms with Crippen LogP contribution in [-0.4, -0.2) is 31.3 Å². The lowest BCUT2D eigenvalue weighted by atomic mass is 10.00. The van der Waals surface area contributed by atoms with Gasteiger partial charge in [0, 0.05) is 17.1 Å². The fourth-order valence-corrected chi connectivity index (χ4v) is 3.34. The van der Waals surface area contributed by atoms with Gasteiger partial charge in [-0.1, -0.05) is 15.9 Å². The van der Waals surface area contributed by atoms with Crippen molar-refractivity contribution in [1.29, 1.82) is 0 Å². The van der Waals surface area contributed by atoms with Crippen molar-refractivity contribution in [1.82, 2.24) is 5.32 Å². The number of aliphatic carboxylic acids is 1. The normalized spacial score (nSPS) is 24.3. The van der Waals surface area contributed by atoms with E-state index in [0.717, 1.165) is 22.4 Å². The van der Waals surface area contributed by atoms with E-state index in [1.54, 1.807) is 7.11 Å². The SMILES string of the molecule is COc1cc(C2CC(C(=O)O)CN2)c(Br)cc1OCC1CC1. The molecule has 2 unspecified atom stereocenters. The maximum atomic E-state index is 11.1. The monoisotopic (exact) mass is 369 g/mol. The molecule has 1 aliphatic heterocycles. The minimum atomic E-state index is -0.748. The van der Waals surface area contributed by atoms with Gasteiger partial charge in [0.15, 0.2) is 11.5 Å². The highest BCUT2D eigenvalue weighted by Crippen LogP contribution is 2.40. The lowest BCUT2D eigenvalue weighted by Crippen LogP contribution is -2.17. The zero-order chi connectivity index (χ0) is 15.7. The zero-order valence-electron chi connectivity index (χ0n) is 12.5. The number of methoxy groups -OCH3 is 1. The molecule has 0 bridgehead atoms. The first kappa shape index (κ1) is 15.6. The standard InChI is InChI=1S/C16H20BrNO4/c1-21-14-5-11(13-4-10(7-18-13)16(19)20)12(17)6-15(14)22-8-9-2-3-9/h5-6,9-10,13,18H,2-4,7-8H2,1H3,(H,19,20). The second-order valence-electron chi connectivity index (χ2n) is 6.01. The van der Waals surface area contributed by atoms with Crippen LogP contribution in [-0.2, 0) is 4.79 Å². The molecule has 1 heterocycles. The molecule has 2 atom stereocenters. The van der Waals surface area contributed by atoms with Crippen LogP contribution in [0.25, 0.3) is 0 Å². The van der Waals surface area contributed by atoms with Gasteiger partial charge in [-0.25, -0.2) is 0 Å². The maximum absolute atomic E-state index is 11.1. The van der Waals surface area contributed by atoms with Gasteiger partial charge in [-0.2, -0.15) is 0 Å². The molecule has 1 aliphatic carbocycles. The number of carboxylic acid groups (broad SMARTS) is 1. The predicted molar refractivity (Wildman–Crippen MR) is 85.4 cm³/mol. The number of hydrogen-bond donors (Lipinski definition) is 2. The van der Waals surface area contributed by atoms with Crippen LogP contribution in [0.3, 0.4) is 0 Å². The molecule has 3 rings (SSSR count). The van der Waals surface area contributed by atoms with E-state index in [2.05, 4.69) is 21.2 Å². The van der Waals surface area contributed by atoms with Gasteiger partial charge in [-0.15, -0.1) is 0 Å². The van der Waals surface area contributed by atoms with Crippen molar-refractivity contribution in [3.8, 4) is 11.5 Å². The summed E-state index contributed by atoms with van der Waals surface area (Å²) in [5, 5.41) is 12.4. The van der Waals surface area contributed by atoms with E-state index in [-0.39, 0.29) is 12.0 Å². The van der Waals surface area contributed by atoms with Crippen LogP contribution in [0.1, 0.15) is 30.9 Å². The summed E-state index contributed by atoms with van der Waals surface area (Å²) in [6.45, 7) is 1.22. The Morgan fingerprint density at radius 3 is 2.77 bits per heavy atom. The molecule has 2 N–H and O–H groups in total. The largest absolute Gasteiger partial charge is 0.493 e. The van der Waals surface area contributed by atoms with Gasteiger partial charge in [0.1, 0.15) is 0 Å². The van der Waals surface area contributed by atoms with Crippen molar-refractivity contribution in [2.45, 2.75) is 25.3 Å². The Labute approximate surface area is 138 Å². The number of carbonyl (C=O) groups is 1. The van der Waals surface area contributed by atoms with Crippen LogP contribution in [0, 0.1) is 11.8 Å². The van der Waals surface area contributed by atoms with E-state index in [1.165, 1.54) is 12.8 Å². The average molecular weight is 370 g/mol. The molecule has 2 fully saturated rings. The van der Waals surface area contributed by atoms with Gasteiger partial charge >= 0.3 is 5.97 Å². The fraction of sp³-hybridized carbons (Fsp3) is 0.562. The smallest absolute Gasteiger partial charge is 0.307 e. The highest BCUT2D eigenvalue weighted by Gasteiger charge is 2.32. The molecule has 1 saturated heterocycles. The average Bonchev–Trinajstić information content (AvgIpc) is 3.19. The van der Waals surface area contributed by atoms with E-state index in [4.69, 9.17) is 14.6 Å². The van der Waals surface area contributed by atoms with E-state index >= 15 is 0 Å². The molecule has 5 nitrogen and oxygen atoms in total. The third-order valence-corrected chi connectivity index (χ3v) is 5.00. The summed E-state index contributed by atoms with van der Waals surface area (Å²) in [5.74, 6) is 1.02. The summed E-state index contributed by atoms with van der Waals surface area (Å²) >= 11 is 3.58. The van der Waals surface area contributed by atoms with E-state index in [9.17, 15) is 4.79 Å². The first-order valence-corrected chi connectivity index (χ1v) is 8.34. The summed E-state index contributed by atoms with van der Waals surface area (Å²) in [7, 11) is 1.62. The molecule has 0 spiro atoms. The Bertz CT molecular complexity index is 574. The van der Waals surface area contributed by atoms with Crippen LogP contribution >= 0.6 is 15.9 Å². The summed E-state index contributed by atoms with van der Waals surface area (Å²) < 4.78 is 12.2. The molecule has 1 aromatic carbocycles. The van der Waals surface area contributed by atoms with Crippen LogP contribution in [0.15, 0.2) is 16.6 Å². The van der Waals surface area contributed by atoms with Crippen molar-refractivity contribution >= 4 is 21.9 Å². The quantitative estimate of drug-likeness (QED) is 0.806. The molecule has 2 aliphatic rings. The second-order valence-corrected chi connectivity index (χ2v) is 6.86. The van der Waals surface area contributed by atoms with Crippen molar-refractivity contribution in [3.05, 3.63) is 22.2 Å². The summed E-state index contributed by atoms with van der Waals surface area (Å²) in [6, 6.07) is 3.88. The highest BCUT2D eigenvalue weighted by atomic mass is 79.9. The van der Waals surface area contributed by atoms with Crippen molar-refractivity contribution in [2.24, 2.45) is 11.8 Å². The molecule has 120 valence electrons. The number of benzene rings is 1. The summed E-state index contributed by atoms with van der Waals surface area (Å²) in [6.07, 6.45) is 3.06. The molecule has 22 heavy (non-hydrogen) atoms. The number of carboxylic acids is 1. The van der Waals surface area contributed by atoms with Gasteiger partial charge in [0.25, 0.3) is 0 Å². The molecule has 0 radical (unpaired) electrons. The van der Waals surface area contributed by atoms with Crippen LogP contribution in [0.2, 0.25) is 0 Å². The Morgan fingerprint density at radius 2 is 2.18 bits per heavy atom. The van der Waals surface area contributed by atoms with Crippen LogP contribution in [0.5, 0.6) is 11.5 Å². The lowest BCUT2D eigenvalue weighted by molar-refractivity contribution is -0.141. The maximum Gasteiger partial charge on any atom is 0.307 e. The number of ether oxygens (including phenoxy) is 2. The van der Waals surface area contributed by atoms with Gasteiger partial charge in [0.2, 0.25) is 0 Å². The molecule has 1 saturated carbocycles. The van der Waals surface area contributed by atoms with E-state index in [0.29, 0.717) is 24.6 Å². The van der Waals surface area contributed by atoms with Gasteiger partial charge in [-0.05, 0) is 42.9 Å². The minimum Gasteiger partial charge on any atom is -0.493 e. The fourth-order valence-electron chi connectivity index (χ4n) is 2.74. The number of rotatable bonds is 6. The topological polar surface area (TPSA) is 67.8 Å². The Hall–Kier alpha value is -1.27. The molecule has 0 aromatic heterocycles. The predicted octanol–water partition coefficient (Wildman–Crippen LogP) is 2.98. The van der Waals surface area contributed by atoms with Crippen molar-refractivity contribution in [2.75, 3.05) is 20.3 Å². The van der Waals surface area contributed by atoms with Gasteiger partial charge in [-0.3, -0.25) is 4.79 Å². The zero-order valence-corrected chi connectivity index (χ0v) is 14.1. The lowest BCUT2D eigenvalue weighted by Gasteiger charge is -2.17. The first-order valence-electron chi connectivity index (χ1n) is 7.55. The van der Waals surface area contributed by atoms with Crippen LogP contribution in [0.4, 0.5) is 0 Å². The third kappa shape index (κ3) is 3.38. The Kier molecular flexibility index (Phi) is 4.59. The molecular weight excluding hydrogens is 350 g/mol. The number of hydrogen-bond acceptors (Lipinski definition) is 4. The molecule has 1 aromatic rings. The van der Waals surface area contributed by atoms with Gasteiger partial charge < -0.3 is 19.9 Å². The third-order valence-electron chi connectivity index (χ3n) is 4.31. The Balaban J connectivity index is 1.78. The second kappa shape index (κ2) is 6.46. The van der Waals surface area contributed by atoms with Crippen molar-refractivity contribution in [3.63, 3.8) is 0 Å². The minimum absolute atomic E-state index is 0.0156. The van der Waals surface area contributed by atoms with E-state index < -0.39 is 5.97 Å². The molecule has 0 amide bonds. The summed E-state index contributed by atoms with van der Waals surface area (Å²) in [5.41, 5.74) is 1.01. The van der Waals surface area contributed by atoms with Crippen LogP contribution < -0.4 is 14.8 Å². The summed E-state index contributed by atoms with van der Waals surface area (Å²) in [4.78, 5) is 11.1. The first-order chi connectivity index (χ1) is 10.6. The highest BCUT2D eigenvalue weighted by molar-refractivity contribution is 9.10. The Morgan fingerprint density at radius 1 is 1.41 bits per heavy atom. The number of nitrogens with one attached hydrogen (secondary N) is 1. The van der Waals surface area contributed by atoms with Gasteiger partial charge in [0.05, 0.1) is 19.6 Å².